The van der Waals surface area contributed by atoms with E-state index in [-0.39, 0.29) is 22.8 Å². The lowest BCUT2D eigenvalue weighted by atomic mass is 10.2. The van der Waals surface area contributed by atoms with Crippen LogP contribution in [0.15, 0.2) is 39.0 Å². The number of carbonyl (C=O) groups is 1. The maximum atomic E-state index is 12.1. The normalized spacial score (nSPS) is 10.9. The number of ether oxygens (including phenoxy) is 1. The molecule has 0 fully saturated rings. The Morgan fingerprint density at radius 2 is 1.93 bits per heavy atom. The number of aromatic nitrogens is 4. The molecule has 10 heteroatoms. The van der Waals surface area contributed by atoms with Gasteiger partial charge >= 0.3 is 5.69 Å². The molecule has 0 unspecified atom stereocenters. The number of thioether (sulfide) groups is 1. The van der Waals surface area contributed by atoms with Crippen LogP contribution in [-0.2, 0) is 25.4 Å². The van der Waals surface area contributed by atoms with Gasteiger partial charge in [-0.2, -0.15) is 0 Å². The van der Waals surface area contributed by atoms with Crippen LogP contribution < -0.4 is 21.3 Å². The van der Waals surface area contributed by atoms with Gasteiger partial charge in [-0.1, -0.05) is 23.9 Å². The third-order valence-electron chi connectivity index (χ3n) is 4.06. The SMILES string of the molecule is COc1ccc(CNC(=O)CSc2nc3c([nH]2)c(=O)n(C)c(=O)n3C)cc1. The van der Waals surface area contributed by atoms with E-state index in [1.54, 1.807) is 14.2 Å². The number of H-pyrrole nitrogens is 1. The zero-order chi connectivity index (χ0) is 19.6. The summed E-state index contributed by atoms with van der Waals surface area (Å²) < 4.78 is 7.40. The predicted octanol–water partition coefficient (Wildman–Crippen LogP) is 0.377. The number of imidazole rings is 1. The Labute approximate surface area is 158 Å². The minimum atomic E-state index is -0.451. The maximum absolute atomic E-state index is 12.1. The molecule has 1 aromatic carbocycles. The van der Waals surface area contributed by atoms with Gasteiger partial charge in [-0.05, 0) is 17.7 Å². The van der Waals surface area contributed by atoms with Crippen molar-refractivity contribution in [1.82, 2.24) is 24.4 Å². The Bertz CT molecular complexity index is 1100. The van der Waals surface area contributed by atoms with Crippen molar-refractivity contribution in [3.63, 3.8) is 0 Å². The minimum absolute atomic E-state index is 0.129. The van der Waals surface area contributed by atoms with Crippen LogP contribution in [0.3, 0.4) is 0 Å². The standard InChI is InChI=1S/C17H19N5O4S/c1-21-14-13(15(24)22(2)17(21)25)19-16(20-14)27-9-12(23)18-8-10-4-6-11(26-3)7-5-10/h4-7H,8-9H2,1-3H3,(H,18,23)(H,19,20). The zero-order valence-electron chi connectivity index (χ0n) is 15.1. The van der Waals surface area contributed by atoms with Gasteiger partial charge in [0.2, 0.25) is 5.91 Å². The highest BCUT2D eigenvalue weighted by atomic mass is 32.2. The van der Waals surface area contributed by atoms with Crippen LogP contribution in [0, 0.1) is 0 Å². The summed E-state index contributed by atoms with van der Waals surface area (Å²) in [5, 5.41) is 3.22. The van der Waals surface area contributed by atoms with Gasteiger partial charge in [-0.25, -0.2) is 9.78 Å². The van der Waals surface area contributed by atoms with Crippen molar-refractivity contribution in [2.45, 2.75) is 11.7 Å². The molecule has 0 aliphatic heterocycles. The second-order valence-corrected chi connectivity index (χ2v) is 6.82. The highest BCUT2D eigenvalue weighted by Crippen LogP contribution is 2.16. The molecule has 0 spiro atoms. The lowest BCUT2D eigenvalue weighted by molar-refractivity contribution is -0.118. The molecule has 27 heavy (non-hydrogen) atoms. The number of nitrogens with one attached hydrogen (secondary N) is 2. The smallest absolute Gasteiger partial charge is 0.332 e. The van der Waals surface area contributed by atoms with Gasteiger partial charge in [0.1, 0.15) is 5.75 Å². The van der Waals surface area contributed by atoms with Crippen LogP contribution in [0.2, 0.25) is 0 Å². The summed E-state index contributed by atoms with van der Waals surface area (Å²) in [5.74, 6) is 0.716. The first-order valence-electron chi connectivity index (χ1n) is 8.09. The minimum Gasteiger partial charge on any atom is -0.497 e. The summed E-state index contributed by atoms with van der Waals surface area (Å²) in [6, 6.07) is 7.41. The van der Waals surface area contributed by atoms with Crippen LogP contribution in [0.5, 0.6) is 5.75 Å². The zero-order valence-corrected chi connectivity index (χ0v) is 15.9. The number of aryl methyl sites for hydroxylation is 1. The predicted molar refractivity (Wildman–Crippen MR) is 102 cm³/mol. The van der Waals surface area contributed by atoms with E-state index in [0.29, 0.717) is 11.7 Å². The Morgan fingerprint density at radius 3 is 2.59 bits per heavy atom. The van der Waals surface area contributed by atoms with Gasteiger partial charge in [-0.3, -0.25) is 18.7 Å². The third kappa shape index (κ3) is 3.90. The second kappa shape index (κ2) is 7.70. The van der Waals surface area contributed by atoms with Crippen molar-refractivity contribution in [3.05, 3.63) is 50.7 Å². The fraction of sp³-hybridized carbons (Fsp3) is 0.294. The van der Waals surface area contributed by atoms with E-state index in [0.717, 1.165) is 27.6 Å². The number of hydrogen-bond acceptors (Lipinski definition) is 6. The van der Waals surface area contributed by atoms with E-state index in [4.69, 9.17) is 4.74 Å². The number of rotatable bonds is 6. The topological polar surface area (TPSA) is 111 Å². The van der Waals surface area contributed by atoms with Gasteiger partial charge in [0.05, 0.1) is 12.9 Å². The molecule has 0 radical (unpaired) electrons. The van der Waals surface area contributed by atoms with E-state index >= 15 is 0 Å². The highest BCUT2D eigenvalue weighted by molar-refractivity contribution is 7.99. The average Bonchev–Trinajstić information content (AvgIpc) is 3.12. The van der Waals surface area contributed by atoms with Gasteiger partial charge < -0.3 is 15.0 Å². The molecule has 142 valence electrons. The first kappa shape index (κ1) is 18.8. The molecule has 0 bridgehead atoms. The Kier molecular flexibility index (Phi) is 5.36. The number of nitrogens with zero attached hydrogens (tertiary/aromatic N) is 3. The number of aromatic amines is 1. The average molecular weight is 389 g/mol. The van der Waals surface area contributed by atoms with E-state index in [1.165, 1.54) is 11.6 Å². The molecule has 0 atom stereocenters. The summed E-state index contributed by atoms with van der Waals surface area (Å²) in [4.78, 5) is 43.2. The largest absolute Gasteiger partial charge is 0.497 e. The summed E-state index contributed by atoms with van der Waals surface area (Å²) in [5.41, 5.74) is 0.561. The Morgan fingerprint density at radius 1 is 1.22 bits per heavy atom. The maximum Gasteiger partial charge on any atom is 0.332 e. The Balaban J connectivity index is 1.63. The van der Waals surface area contributed by atoms with Crippen LogP contribution in [-0.4, -0.2) is 37.9 Å². The van der Waals surface area contributed by atoms with Crippen molar-refractivity contribution in [2.75, 3.05) is 12.9 Å². The first-order valence-corrected chi connectivity index (χ1v) is 9.07. The summed E-state index contributed by atoms with van der Waals surface area (Å²) in [6.45, 7) is 0.401. The van der Waals surface area contributed by atoms with E-state index < -0.39 is 11.2 Å². The van der Waals surface area contributed by atoms with Crippen molar-refractivity contribution in [3.8, 4) is 5.75 Å². The molecule has 1 amide bonds. The van der Waals surface area contributed by atoms with Crippen molar-refractivity contribution in [2.24, 2.45) is 14.1 Å². The van der Waals surface area contributed by atoms with Crippen LogP contribution >= 0.6 is 11.8 Å². The molecule has 9 nitrogen and oxygen atoms in total. The molecule has 0 saturated carbocycles. The lowest BCUT2D eigenvalue weighted by Gasteiger charge is -2.05. The van der Waals surface area contributed by atoms with Gasteiger partial charge in [-0.15, -0.1) is 0 Å². The summed E-state index contributed by atoms with van der Waals surface area (Å²) in [7, 11) is 4.55. The molecule has 0 saturated heterocycles. The number of amides is 1. The van der Waals surface area contributed by atoms with Crippen LogP contribution in [0.4, 0.5) is 0 Å². The van der Waals surface area contributed by atoms with Crippen LogP contribution in [0.1, 0.15) is 5.56 Å². The third-order valence-corrected chi connectivity index (χ3v) is 4.94. The number of hydrogen-bond donors (Lipinski definition) is 2. The molecular formula is C17H19N5O4S. The fourth-order valence-electron chi connectivity index (χ4n) is 2.50. The molecule has 2 aromatic heterocycles. The van der Waals surface area contributed by atoms with Crippen molar-refractivity contribution in [1.29, 1.82) is 0 Å². The second-order valence-electron chi connectivity index (χ2n) is 5.86. The number of benzene rings is 1. The highest BCUT2D eigenvalue weighted by Gasteiger charge is 2.14. The van der Waals surface area contributed by atoms with E-state index in [2.05, 4.69) is 15.3 Å². The molecule has 3 aromatic rings. The van der Waals surface area contributed by atoms with Crippen molar-refractivity contribution >= 4 is 28.8 Å². The monoisotopic (exact) mass is 389 g/mol. The first-order chi connectivity index (χ1) is 12.9. The summed E-state index contributed by atoms with van der Waals surface area (Å²) in [6.07, 6.45) is 0. The summed E-state index contributed by atoms with van der Waals surface area (Å²) >= 11 is 1.16. The number of carbonyl (C=O) groups excluding carboxylic acids is 1. The van der Waals surface area contributed by atoms with Crippen LogP contribution in [0.25, 0.3) is 11.2 Å². The number of fused-ring (bicyclic) bond motifs is 1. The van der Waals surface area contributed by atoms with E-state index in [1.807, 2.05) is 24.3 Å². The molecular weight excluding hydrogens is 370 g/mol. The van der Waals surface area contributed by atoms with E-state index in [9.17, 15) is 14.4 Å². The molecule has 2 heterocycles. The fourth-order valence-corrected chi connectivity index (χ4v) is 3.20. The quantitative estimate of drug-likeness (QED) is 0.590. The van der Waals surface area contributed by atoms with Crippen molar-refractivity contribution < 1.29 is 9.53 Å². The van der Waals surface area contributed by atoms with Gasteiger partial charge in [0.15, 0.2) is 16.3 Å². The lowest BCUT2D eigenvalue weighted by Crippen LogP contribution is -2.36. The number of methoxy groups -OCH3 is 1. The molecule has 0 aliphatic carbocycles. The molecule has 3 rings (SSSR count). The molecule has 2 N–H and O–H groups in total. The molecule has 0 aliphatic rings. The Hall–Kier alpha value is -3.01. The van der Waals surface area contributed by atoms with Gasteiger partial charge in [0, 0.05) is 20.6 Å². The van der Waals surface area contributed by atoms with Gasteiger partial charge in [0.25, 0.3) is 5.56 Å².